The fourth-order valence-corrected chi connectivity index (χ4v) is 2.93. The van der Waals surface area contributed by atoms with Gasteiger partial charge in [-0.25, -0.2) is 0 Å². The molecule has 0 bridgehead atoms. The summed E-state index contributed by atoms with van der Waals surface area (Å²) in [6.07, 6.45) is 5.52. The van der Waals surface area contributed by atoms with Crippen molar-refractivity contribution in [2.45, 2.75) is 38.6 Å². The van der Waals surface area contributed by atoms with Crippen molar-refractivity contribution in [3.05, 3.63) is 0 Å². The van der Waals surface area contributed by atoms with Crippen molar-refractivity contribution in [2.75, 3.05) is 39.3 Å². The van der Waals surface area contributed by atoms with Gasteiger partial charge in [-0.3, -0.25) is 0 Å². The second kappa shape index (κ2) is 6.58. The highest BCUT2D eigenvalue weighted by Crippen LogP contribution is 2.14. The quantitative estimate of drug-likeness (QED) is 0.732. The van der Waals surface area contributed by atoms with Gasteiger partial charge in [0.2, 0.25) is 0 Å². The maximum Gasteiger partial charge on any atom is 0.0192 e. The molecule has 2 aliphatic heterocycles. The van der Waals surface area contributed by atoms with Gasteiger partial charge in [-0.15, -0.1) is 0 Å². The molecule has 0 aliphatic carbocycles. The van der Waals surface area contributed by atoms with Gasteiger partial charge in [0.1, 0.15) is 0 Å². The van der Waals surface area contributed by atoms with Gasteiger partial charge < -0.3 is 15.5 Å². The molecule has 2 aliphatic rings. The first-order valence-corrected chi connectivity index (χ1v) is 7.05. The maximum atomic E-state index is 3.65. The second-order valence-electron chi connectivity index (χ2n) is 5.35. The number of nitrogens with zero attached hydrogens (tertiary/aromatic N) is 1. The number of piperidine rings is 1. The molecule has 0 amide bonds. The van der Waals surface area contributed by atoms with E-state index in [1.54, 1.807) is 0 Å². The average molecular weight is 225 g/mol. The summed E-state index contributed by atoms with van der Waals surface area (Å²) in [5, 5.41) is 7.24. The van der Waals surface area contributed by atoms with E-state index in [0.717, 1.165) is 12.0 Å². The van der Waals surface area contributed by atoms with Crippen LogP contribution in [0, 0.1) is 5.92 Å². The van der Waals surface area contributed by atoms with Crippen molar-refractivity contribution in [3.8, 4) is 0 Å². The molecule has 2 fully saturated rings. The van der Waals surface area contributed by atoms with Gasteiger partial charge in [0.25, 0.3) is 0 Å². The van der Waals surface area contributed by atoms with Gasteiger partial charge in [-0.1, -0.05) is 13.3 Å². The van der Waals surface area contributed by atoms with Crippen molar-refractivity contribution >= 4 is 0 Å². The molecule has 2 unspecified atom stereocenters. The van der Waals surface area contributed by atoms with E-state index in [4.69, 9.17) is 0 Å². The van der Waals surface area contributed by atoms with Gasteiger partial charge in [0.05, 0.1) is 0 Å². The Balaban J connectivity index is 1.54. The summed E-state index contributed by atoms with van der Waals surface area (Å²) in [7, 11) is 0. The lowest BCUT2D eigenvalue weighted by Crippen LogP contribution is -2.43. The molecule has 2 heterocycles. The Labute approximate surface area is 100.0 Å². The molecular formula is C13H27N3. The topological polar surface area (TPSA) is 27.3 Å². The van der Waals surface area contributed by atoms with Crippen molar-refractivity contribution in [3.63, 3.8) is 0 Å². The Morgan fingerprint density at radius 2 is 2.19 bits per heavy atom. The first-order chi connectivity index (χ1) is 7.88. The lowest BCUT2D eigenvalue weighted by atomic mass is 10.0. The van der Waals surface area contributed by atoms with E-state index in [-0.39, 0.29) is 0 Å². The molecule has 0 saturated carbocycles. The summed E-state index contributed by atoms with van der Waals surface area (Å²) in [4.78, 5) is 2.56. The Hall–Kier alpha value is -0.120. The van der Waals surface area contributed by atoms with Crippen molar-refractivity contribution < 1.29 is 0 Å². The molecule has 0 spiro atoms. The van der Waals surface area contributed by atoms with E-state index < -0.39 is 0 Å². The second-order valence-corrected chi connectivity index (χ2v) is 5.35. The van der Waals surface area contributed by atoms with Crippen molar-refractivity contribution in [1.29, 1.82) is 0 Å². The molecule has 0 aromatic rings. The number of nitrogens with one attached hydrogen (secondary N) is 2. The van der Waals surface area contributed by atoms with Crippen LogP contribution >= 0.6 is 0 Å². The van der Waals surface area contributed by atoms with E-state index in [0.29, 0.717) is 0 Å². The zero-order valence-corrected chi connectivity index (χ0v) is 10.7. The van der Waals surface area contributed by atoms with Crippen LogP contribution < -0.4 is 10.6 Å². The van der Waals surface area contributed by atoms with Crippen LogP contribution in [0.5, 0.6) is 0 Å². The third-order valence-electron chi connectivity index (χ3n) is 4.05. The van der Waals surface area contributed by atoms with E-state index in [9.17, 15) is 0 Å². The van der Waals surface area contributed by atoms with Crippen molar-refractivity contribution in [1.82, 2.24) is 15.5 Å². The lowest BCUT2D eigenvalue weighted by molar-refractivity contribution is 0.332. The molecule has 2 rings (SSSR count). The minimum absolute atomic E-state index is 0.734. The van der Waals surface area contributed by atoms with Crippen LogP contribution in [0.1, 0.15) is 32.6 Å². The van der Waals surface area contributed by atoms with Crippen LogP contribution in [-0.4, -0.2) is 50.2 Å². The molecule has 0 aromatic carbocycles. The molecule has 3 heteroatoms. The van der Waals surface area contributed by atoms with E-state index in [2.05, 4.69) is 22.5 Å². The Morgan fingerprint density at radius 1 is 1.25 bits per heavy atom. The fourth-order valence-electron chi connectivity index (χ4n) is 2.93. The van der Waals surface area contributed by atoms with Crippen LogP contribution in [0.2, 0.25) is 0 Å². The Bertz CT molecular complexity index is 190. The molecule has 2 N–H and O–H groups in total. The maximum absolute atomic E-state index is 3.65. The highest BCUT2D eigenvalue weighted by Gasteiger charge is 2.21. The summed E-state index contributed by atoms with van der Waals surface area (Å²) >= 11 is 0. The predicted octanol–water partition coefficient (Wildman–Crippen LogP) is 1.06. The first kappa shape index (κ1) is 12.3. The fraction of sp³-hybridized carbons (Fsp3) is 1.00. The summed E-state index contributed by atoms with van der Waals surface area (Å²) in [5.74, 6) is 0.892. The number of hydrogen-bond acceptors (Lipinski definition) is 3. The first-order valence-electron chi connectivity index (χ1n) is 7.05. The van der Waals surface area contributed by atoms with Gasteiger partial charge in [-0.05, 0) is 51.4 Å². The number of rotatable bonds is 5. The summed E-state index contributed by atoms with van der Waals surface area (Å²) in [6.45, 7) is 9.71. The molecule has 2 saturated heterocycles. The SMILES string of the molecule is CCN1CCC(CNCC2CCCCN2)C1. The Morgan fingerprint density at radius 3 is 2.88 bits per heavy atom. The minimum atomic E-state index is 0.734. The molecule has 94 valence electrons. The van der Waals surface area contributed by atoms with E-state index in [1.807, 2.05) is 0 Å². The average Bonchev–Trinajstić information content (AvgIpc) is 2.78. The molecule has 0 aromatic heterocycles. The van der Waals surface area contributed by atoms with Crippen LogP contribution in [-0.2, 0) is 0 Å². The number of likely N-dealkylation sites (tertiary alicyclic amines) is 1. The van der Waals surface area contributed by atoms with Crippen LogP contribution in [0.3, 0.4) is 0 Å². The van der Waals surface area contributed by atoms with Crippen LogP contribution in [0.25, 0.3) is 0 Å². The predicted molar refractivity (Wildman–Crippen MR) is 68.7 cm³/mol. The van der Waals surface area contributed by atoms with E-state index >= 15 is 0 Å². The molecule has 0 radical (unpaired) electrons. The smallest absolute Gasteiger partial charge is 0.0192 e. The van der Waals surface area contributed by atoms with Crippen molar-refractivity contribution in [2.24, 2.45) is 5.92 Å². The lowest BCUT2D eigenvalue weighted by Gasteiger charge is -2.24. The number of hydrogen-bond donors (Lipinski definition) is 2. The highest BCUT2D eigenvalue weighted by atomic mass is 15.1. The van der Waals surface area contributed by atoms with Gasteiger partial charge in [0, 0.05) is 19.1 Å². The third-order valence-corrected chi connectivity index (χ3v) is 4.05. The third kappa shape index (κ3) is 3.72. The largest absolute Gasteiger partial charge is 0.315 e. The zero-order chi connectivity index (χ0) is 11.2. The minimum Gasteiger partial charge on any atom is -0.315 e. The molecule has 16 heavy (non-hydrogen) atoms. The summed E-state index contributed by atoms with van der Waals surface area (Å²) in [5.41, 5.74) is 0. The Kier molecular flexibility index (Phi) is 5.07. The summed E-state index contributed by atoms with van der Waals surface area (Å²) < 4.78 is 0. The van der Waals surface area contributed by atoms with Crippen LogP contribution in [0.4, 0.5) is 0 Å². The van der Waals surface area contributed by atoms with Gasteiger partial charge >= 0.3 is 0 Å². The normalized spacial score (nSPS) is 32.1. The zero-order valence-electron chi connectivity index (χ0n) is 10.7. The van der Waals surface area contributed by atoms with Gasteiger partial charge in [-0.2, -0.15) is 0 Å². The standard InChI is InChI=1S/C13H27N3/c1-2-16-8-6-12(11-16)9-14-10-13-5-3-4-7-15-13/h12-15H,2-11H2,1H3. The molecule has 2 atom stereocenters. The summed E-state index contributed by atoms with van der Waals surface area (Å²) in [6, 6.07) is 0.734. The molecular weight excluding hydrogens is 198 g/mol. The van der Waals surface area contributed by atoms with E-state index in [1.165, 1.54) is 65.0 Å². The molecule has 3 nitrogen and oxygen atoms in total. The monoisotopic (exact) mass is 225 g/mol. The highest BCUT2D eigenvalue weighted by molar-refractivity contribution is 4.79. The van der Waals surface area contributed by atoms with Crippen LogP contribution in [0.15, 0.2) is 0 Å². The van der Waals surface area contributed by atoms with Gasteiger partial charge in [0.15, 0.2) is 0 Å².